The van der Waals surface area contributed by atoms with Crippen LogP contribution in [0.25, 0.3) is 0 Å². The van der Waals surface area contributed by atoms with Crippen LogP contribution in [0.1, 0.15) is 25.8 Å². The van der Waals surface area contributed by atoms with Gasteiger partial charge in [-0.1, -0.05) is 13.8 Å². The molecule has 0 saturated carbocycles. The first-order chi connectivity index (χ1) is 11.5. The molecule has 0 bridgehead atoms. The van der Waals surface area contributed by atoms with E-state index in [1.54, 1.807) is 29.2 Å². The molecular weight excluding hydrogens is 304 g/mol. The Bertz CT molecular complexity index is 604. The van der Waals surface area contributed by atoms with E-state index in [-0.39, 0.29) is 23.9 Å². The molecule has 2 atom stereocenters. The topological polar surface area (TPSA) is 56.8 Å². The van der Waals surface area contributed by atoms with E-state index in [4.69, 9.17) is 0 Å². The van der Waals surface area contributed by atoms with Crippen LogP contribution in [0.3, 0.4) is 0 Å². The second-order valence-electron chi connectivity index (χ2n) is 7.23. The van der Waals surface area contributed by atoms with Crippen molar-refractivity contribution >= 4 is 11.8 Å². The van der Waals surface area contributed by atoms with Gasteiger partial charge in [0.05, 0.1) is 0 Å². The van der Waals surface area contributed by atoms with Gasteiger partial charge in [0, 0.05) is 45.6 Å². The van der Waals surface area contributed by atoms with Crippen molar-refractivity contribution in [2.75, 3.05) is 26.7 Å². The highest BCUT2D eigenvalue weighted by molar-refractivity contribution is 5.97. The zero-order valence-electron chi connectivity index (χ0n) is 14.7. The summed E-state index contributed by atoms with van der Waals surface area (Å²) < 4.78 is 0. The van der Waals surface area contributed by atoms with Crippen molar-refractivity contribution in [3.05, 3.63) is 30.1 Å². The first kappa shape index (κ1) is 16.9. The molecule has 130 valence electrons. The fourth-order valence-corrected chi connectivity index (χ4v) is 3.66. The maximum absolute atomic E-state index is 12.8. The lowest BCUT2D eigenvalue weighted by molar-refractivity contribution is -0.164. The molecule has 6 heteroatoms. The van der Waals surface area contributed by atoms with E-state index in [1.165, 1.54) is 5.56 Å². The number of pyridine rings is 1. The summed E-state index contributed by atoms with van der Waals surface area (Å²) in [6, 6.07) is 3.33. The normalized spacial score (nSPS) is 25.3. The van der Waals surface area contributed by atoms with E-state index in [0.29, 0.717) is 19.0 Å². The molecule has 6 nitrogen and oxygen atoms in total. The van der Waals surface area contributed by atoms with Crippen LogP contribution < -0.4 is 0 Å². The molecule has 2 aliphatic rings. The molecule has 0 unspecified atom stereocenters. The van der Waals surface area contributed by atoms with Gasteiger partial charge in [0.2, 0.25) is 11.8 Å². The Morgan fingerprint density at radius 3 is 2.54 bits per heavy atom. The zero-order valence-corrected chi connectivity index (χ0v) is 14.7. The molecule has 2 fully saturated rings. The Kier molecular flexibility index (Phi) is 4.85. The molecule has 2 amide bonds. The second-order valence-corrected chi connectivity index (χ2v) is 7.23. The maximum atomic E-state index is 12.8. The third-order valence-electron chi connectivity index (χ3n) is 4.98. The lowest BCUT2D eigenvalue weighted by Gasteiger charge is -2.48. The van der Waals surface area contributed by atoms with Crippen LogP contribution in [-0.2, 0) is 16.1 Å². The smallest absolute Gasteiger partial charge is 0.247 e. The summed E-state index contributed by atoms with van der Waals surface area (Å²) >= 11 is 0. The minimum absolute atomic E-state index is 0.0691. The number of carbonyl (C=O) groups excluding carboxylic acids is 2. The van der Waals surface area contributed by atoms with E-state index in [9.17, 15) is 9.59 Å². The maximum Gasteiger partial charge on any atom is 0.247 e. The summed E-state index contributed by atoms with van der Waals surface area (Å²) in [6.07, 6.45) is 4.29. The molecule has 24 heavy (non-hydrogen) atoms. The van der Waals surface area contributed by atoms with Crippen molar-refractivity contribution in [2.45, 2.75) is 38.9 Å². The van der Waals surface area contributed by atoms with Gasteiger partial charge in [0.15, 0.2) is 0 Å². The molecule has 2 aliphatic heterocycles. The van der Waals surface area contributed by atoms with Crippen LogP contribution in [0, 0.1) is 5.92 Å². The number of carbonyl (C=O) groups is 2. The van der Waals surface area contributed by atoms with E-state index in [1.807, 2.05) is 12.1 Å². The van der Waals surface area contributed by atoms with E-state index in [0.717, 1.165) is 19.5 Å². The molecule has 1 aromatic rings. The van der Waals surface area contributed by atoms with Gasteiger partial charge < -0.3 is 9.80 Å². The molecule has 0 aliphatic carbocycles. The molecule has 0 aromatic carbocycles. The van der Waals surface area contributed by atoms with Crippen LogP contribution in [0.4, 0.5) is 0 Å². The lowest BCUT2D eigenvalue weighted by atomic mass is 9.95. The summed E-state index contributed by atoms with van der Waals surface area (Å²) in [5.74, 6) is 0.567. The van der Waals surface area contributed by atoms with Crippen molar-refractivity contribution in [1.29, 1.82) is 0 Å². The van der Waals surface area contributed by atoms with Crippen molar-refractivity contribution in [3.63, 3.8) is 0 Å². The molecule has 3 rings (SSSR count). The van der Waals surface area contributed by atoms with Crippen LogP contribution in [0.5, 0.6) is 0 Å². The molecule has 0 N–H and O–H groups in total. The monoisotopic (exact) mass is 330 g/mol. The highest BCUT2D eigenvalue weighted by atomic mass is 16.2. The SMILES string of the molecule is CC(C)C[C@H]1C(=O)N2CCN(Cc3ccncc3)C[C@@H]2C(=O)N1C. The van der Waals surface area contributed by atoms with Crippen molar-refractivity contribution < 1.29 is 9.59 Å². The number of likely N-dealkylation sites (N-methyl/N-ethyl adjacent to an activating group) is 1. The van der Waals surface area contributed by atoms with Crippen molar-refractivity contribution in [3.8, 4) is 0 Å². The first-order valence-electron chi connectivity index (χ1n) is 8.65. The molecule has 3 heterocycles. The van der Waals surface area contributed by atoms with E-state index >= 15 is 0 Å². The van der Waals surface area contributed by atoms with Crippen LogP contribution in [-0.4, -0.2) is 70.3 Å². The highest BCUT2D eigenvalue weighted by Crippen LogP contribution is 2.25. The van der Waals surface area contributed by atoms with Crippen LogP contribution in [0.2, 0.25) is 0 Å². The lowest BCUT2D eigenvalue weighted by Crippen LogP contribution is -2.69. The Balaban J connectivity index is 1.71. The second kappa shape index (κ2) is 6.89. The number of aromatic nitrogens is 1. The van der Waals surface area contributed by atoms with Crippen LogP contribution >= 0.6 is 0 Å². The van der Waals surface area contributed by atoms with Crippen molar-refractivity contribution in [2.24, 2.45) is 5.92 Å². The first-order valence-corrected chi connectivity index (χ1v) is 8.65. The summed E-state index contributed by atoms with van der Waals surface area (Å²) in [6.45, 7) is 6.99. The number of fused-ring (bicyclic) bond motifs is 1. The van der Waals surface area contributed by atoms with Gasteiger partial charge in [0.25, 0.3) is 0 Å². The fourth-order valence-electron chi connectivity index (χ4n) is 3.66. The molecular formula is C18H26N4O2. The van der Waals surface area contributed by atoms with Crippen molar-refractivity contribution in [1.82, 2.24) is 19.7 Å². The number of hydrogen-bond acceptors (Lipinski definition) is 4. The van der Waals surface area contributed by atoms with Gasteiger partial charge in [0.1, 0.15) is 12.1 Å². The van der Waals surface area contributed by atoms with Crippen LogP contribution in [0.15, 0.2) is 24.5 Å². The largest absolute Gasteiger partial charge is 0.332 e. The van der Waals surface area contributed by atoms with Gasteiger partial charge in [-0.2, -0.15) is 0 Å². The Hall–Kier alpha value is -1.95. The molecule has 0 spiro atoms. The number of hydrogen-bond donors (Lipinski definition) is 0. The minimum Gasteiger partial charge on any atom is -0.332 e. The Labute approximate surface area is 143 Å². The third kappa shape index (κ3) is 3.29. The highest BCUT2D eigenvalue weighted by Gasteiger charge is 2.46. The zero-order chi connectivity index (χ0) is 17.3. The summed E-state index contributed by atoms with van der Waals surface area (Å²) in [7, 11) is 1.77. The van der Waals surface area contributed by atoms with E-state index < -0.39 is 0 Å². The molecule has 1 aromatic heterocycles. The van der Waals surface area contributed by atoms with Gasteiger partial charge >= 0.3 is 0 Å². The molecule has 2 saturated heterocycles. The average Bonchev–Trinajstić information content (AvgIpc) is 2.57. The Morgan fingerprint density at radius 1 is 1.17 bits per heavy atom. The average molecular weight is 330 g/mol. The third-order valence-corrected chi connectivity index (χ3v) is 4.98. The standard InChI is InChI=1S/C18H26N4O2/c1-13(2)10-15-18(24)22-9-8-21(11-14-4-6-19-7-5-14)12-16(22)17(23)20(15)3/h4-7,13,15-16H,8-12H2,1-3H3/t15-,16+/m0/s1. The number of nitrogens with zero attached hydrogens (tertiary/aromatic N) is 4. The Morgan fingerprint density at radius 2 is 1.88 bits per heavy atom. The minimum atomic E-state index is -0.346. The van der Waals surface area contributed by atoms with E-state index in [2.05, 4.69) is 23.7 Å². The molecule has 0 radical (unpaired) electrons. The quantitative estimate of drug-likeness (QED) is 0.826. The predicted molar refractivity (Wildman–Crippen MR) is 91.0 cm³/mol. The summed E-state index contributed by atoms with van der Waals surface area (Å²) in [4.78, 5) is 35.4. The number of piperazine rings is 2. The van der Waals surface area contributed by atoms with Gasteiger partial charge in [-0.3, -0.25) is 19.5 Å². The summed E-state index contributed by atoms with van der Waals surface area (Å²) in [5.41, 5.74) is 1.18. The van der Waals surface area contributed by atoms with Gasteiger partial charge in [-0.05, 0) is 30.0 Å². The summed E-state index contributed by atoms with van der Waals surface area (Å²) in [5, 5.41) is 0. The number of rotatable bonds is 4. The number of amides is 2. The van der Waals surface area contributed by atoms with Gasteiger partial charge in [-0.15, -0.1) is 0 Å². The fraction of sp³-hybridized carbons (Fsp3) is 0.611. The predicted octanol–water partition coefficient (Wildman–Crippen LogP) is 0.981. The van der Waals surface area contributed by atoms with Gasteiger partial charge in [-0.25, -0.2) is 0 Å².